The van der Waals surface area contributed by atoms with Crippen LogP contribution in [-0.4, -0.2) is 28.3 Å². The predicted molar refractivity (Wildman–Crippen MR) is 82.6 cm³/mol. The van der Waals surface area contributed by atoms with Crippen molar-refractivity contribution in [2.24, 2.45) is 0 Å². The number of aromatic nitrogens is 3. The second-order valence-corrected chi connectivity index (χ2v) is 5.65. The highest BCUT2D eigenvalue weighted by molar-refractivity contribution is 8.04. The number of hydrogen-bond acceptors (Lipinski definition) is 6. The van der Waals surface area contributed by atoms with Gasteiger partial charge in [0.05, 0.1) is 13.1 Å². The second-order valence-electron chi connectivity index (χ2n) is 4.20. The van der Waals surface area contributed by atoms with E-state index in [1.165, 1.54) is 13.2 Å². The molecule has 0 amide bonds. The van der Waals surface area contributed by atoms with E-state index in [-0.39, 0.29) is 4.91 Å². The third kappa shape index (κ3) is 4.02. The Kier molecular flexibility index (Phi) is 5.46. The third-order valence-corrected chi connectivity index (χ3v) is 3.83. The summed E-state index contributed by atoms with van der Waals surface area (Å²) in [6.45, 7) is 1.92. The standard InChI is InChI=1S/C14H14ClN3O3S/c1-3-12-16-14(18-17-12)22-11(13(19)20)7-8-6-9(15)4-5-10(8)21-2/h4-7H,3H2,1-2H3,(H,19,20)(H,16,17,18)/p-1/b11-7-. The van der Waals surface area contributed by atoms with Gasteiger partial charge in [0, 0.05) is 21.9 Å². The number of carbonyl (C=O) groups is 1. The molecule has 0 bridgehead atoms. The summed E-state index contributed by atoms with van der Waals surface area (Å²) in [6, 6.07) is 4.93. The lowest BCUT2D eigenvalue weighted by Gasteiger charge is -2.09. The Hall–Kier alpha value is -1.99. The van der Waals surface area contributed by atoms with E-state index in [0.717, 1.165) is 11.8 Å². The van der Waals surface area contributed by atoms with Crippen LogP contribution in [0.3, 0.4) is 0 Å². The summed E-state index contributed by atoms with van der Waals surface area (Å²) < 4.78 is 5.19. The molecular formula is C14H13ClN3O3S-. The van der Waals surface area contributed by atoms with E-state index < -0.39 is 5.97 Å². The van der Waals surface area contributed by atoms with Crippen LogP contribution < -0.4 is 9.84 Å². The molecule has 0 saturated carbocycles. The van der Waals surface area contributed by atoms with Crippen LogP contribution in [-0.2, 0) is 11.2 Å². The van der Waals surface area contributed by atoms with Crippen LogP contribution in [0.25, 0.3) is 6.08 Å². The molecule has 2 rings (SSSR count). The fourth-order valence-corrected chi connectivity index (χ4v) is 2.56. The Bertz CT molecular complexity index is 715. The third-order valence-electron chi connectivity index (χ3n) is 2.73. The molecule has 0 spiro atoms. The summed E-state index contributed by atoms with van der Waals surface area (Å²) in [5.74, 6) is -0.136. The number of halogens is 1. The van der Waals surface area contributed by atoms with Crippen LogP contribution in [0.1, 0.15) is 18.3 Å². The van der Waals surface area contributed by atoms with Gasteiger partial charge in [0.2, 0.25) is 5.16 Å². The molecule has 0 fully saturated rings. The van der Waals surface area contributed by atoms with Crippen molar-refractivity contribution in [3.63, 3.8) is 0 Å². The lowest BCUT2D eigenvalue weighted by molar-refractivity contribution is -0.297. The van der Waals surface area contributed by atoms with Crippen molar-refractivity contribution in [1.29, 1.82) is 0 Å². The SMILES string of the molecule is CCc1nc(S/C(=C\c2cc(Cl)ccc2OC)C(=O)[O-])n[nH]1. The van der Waals surface area contributed by atoms with Crippen molar-refractivity contribution < 1.29 is 14.6 Å². The minimum absolute atomic E-state index is 0.0396. The molecule has 22 heavy (non-hydrogen) atoms. The van der Waals surface area contributed by atoms with Crippen molar-refractivity contribution in [2.45, 2.75) is 18.5 Å². The minimum atomic E-state index is -1.32. The number of carboxylic acid groups (broad SMARTS) is 1. The number of rotatable bonds is 6. The summed E-state index contributed by atoms with van der Waals surface area (Å²) in [6.07, 6.45) is 2.10. The molecule has 1 aromatic carbocycles. The Morgan fingerprint density at radius 1 is 1.55 bits per heavy atom. The maximum absolute atomic E-state index is 11.3. The summed E-state index contributed by atoms with van der Waals surface area (Å²) in [7, 11) is 1.50. The predicted octanol–water partition coefficient (Wildman–Crippen LogP) is 1.91. The number of hydrogen-bond donors (Lipinski definition) is 1. The number of nitrogens with one attached hydrogen (secondary N) is 1. The molecule has 0 unspecified atom stereocenters. The van der Waals surface area contributed by atoms with Gasteiger partial charge in [-0.2, -0.15) is 0 Å². The van der Waals surface area contributed by atoms with Gasteiger partial charge in [-0.15, -0.1) is 5.10 Å². The molecule has 0 saturated heterocycles. The molecule has 2 aromatic rings. The van der Waals surface area contributed by atoms with Crippen molar-refractivity contribution in [3.05, 3.63) is 39.5 Å². The first-order valence-electron chi connectivity index (χ1n) is 6.39. The van der Waals surface area contributed by atoms with Gasteiger partial charge >= 0.3 is 0 Å². The van der Waals surface area contributed by atoms with E-state index in [1.807, 2.05) is 6.92 Å². The zero-order valence-corrected chi connectivity index (χ0v) is 13.5. The van der Waals surface area contributed by atoms with E-state index in [0.29, 0.717) is 33.7 Å². The number of carbonyl (C=O) groups excluding carboxylic acids is 1. The number of carboxylic acids is 1. The van der Waals surface area contributed by atoms with Crippen LogP contribution >= 0.6 is 23.4 Å². The lowest BCUT2D eigenvalue weighted by Crippen LogP contribution is -2.23. The number of methoxy groups -OCH3 is 1. The Morgan fingerprint density at radius 2 is 2.32 bits per heavy atom. The fraction of sp³-hybridized carbons (Fsp3) is 0.214. The molecule has 8 heteroatoms. The van der Waals surface area contributed by atoms with Gasteiger partial charge in [-0.25, -0.2) is 4.98 Å². The number of benzene rings is 1. The van der Waals surface area contributed by atoms with Crippen molar-refractivity contribution >= 4 is 35.4 Å². The average Bonchev–Trinajstić information content (AvgIpc) is 2.94. The summed E-state index contributed by atoms with van der Waals surface area (Å²) >= 11 is 6.83. The molecule has 0 aliphatic rings. The molecule has 0 aliphatic heterocycles. The molecular weight excluding hydrogens is 326 g/mol. The molecule has 1 N–H and O–H groups in total. The zero-order valence-electron chi connectivity index (χ0n) is 11.9. The summed E-state index contributed by atoms with van der Waals surface area (Å²) in [5, 5.41) is 18.8. The normalized spacial score (nSPS) is 11.5. The number of aliphatic carboxylic acids is 1. The summed E-state index contributed by atoms with van der Waals surface area (Å²) in [4.78, 5) is 15.4. The summed E-state index contributed by atoms with van der Waals surface area (Å²) in [5.41, 5.74) is 0.535. The van der Waals surface area contributed by atoms with E-state index in [4.69, 9.17) is 16.3 Å². The van der Waals surface area contributed by atoms with Crippen LogP contribution in [0.5, 0.6) is 5.75 Å². The smallest absolute Gasteiger partial charge is 0.213 e. The average molecular weight is 339 g/mol. The number of nitrogens with zero attached hydrogens (tertiary/aromatic N) is 2. The van der Waals surface area contributed by atoms with E-state index in [2.05, 4.69) is 15.2 Å². The fourth-order valence-electron chi connectivity index (χ4n) is 1.67. The number of thioether (sulfide) groups is 1. The van der Waals surface area contributed by atoms with Crippen LogP contribution in [0.15, 0.2) is 28.3 Å². The van der Waals surface area contributed by atoms with Crippen molar-refractivity contribution in [2.75, 3.05) is 7.11 Å². The number of ether oxygens (including phenoxy) is 1. The first-order valence-corrected chi connectivity index (χ1v) is 7.58. The highest BCUT2D eigenvalue weighted by atomic mass is 35.5. The van der Waals surface area contributed by atoms with E-state index in [1.54, 1.807) is 18.2 Å². The van der Waals surface area contributed by atoms with Gasteiger partial charge in [-0.05, 0) is 36.0 Å². The number of H-pyrrole nitrogens is 1. The largest absolute Gasteiger partial charge is 0.544 e. The maximum atomic E-state index is 11.3. The Labute approximate surface area is 136 Å². The zero-order chi connectivity index (χ0) is 16.1. The molecule has 1 aromatic heterocycles. The first-order chi connectivity index (χ1) is 10.5. The van der Waals surface area contributed by atoms with Gasteiger partial charge in [-0.1, -0.05) is 18.5 Å². The number of aromatic amines is 1. The highest BCUT2D eigenvalue weighted by Gasteiger charge is 2.10. The van der Waals surface area contributed by atoms with Gasteiger partial charge in [-0.3, -0.25) is 5.10 Å². The second kappa shape index (κ2) is 7.33. The van der Waals surface area contributed by atoms with Crippen LogP contribution in [0.2, 0.25) is 5.02 Å². The van der Waals surface area contributed by atoms with Crippen LogP contribution in [0.4, 0.5) is 0 Å². The first kappa shape index (κ1) is 16.4. The molecule has 116 valence electrons. The topological polar surface area (TPSA) is 90.9 Å². The quantitative estimate of drug-likeness (QED) is 0.639. The molecule has 0 atom stereocenters. The Balaban J connectivity index is 2.35. The molecule has 6 nitrogen and oxygen atoms in total. The van der Waals surface area contributed by atoms with Crippen molar-refractivity contribution in [1.82, 2.24) is 15.2 Å². The highest BCUT2D eigenvalue weighted by Crippen LogP contribution is 2.30. The van der Waals surface area contributed by atoms with Gasteiger partial charge in [0.15, 0.2) is 0 Å². The number of aryl methyl sites for hydroxylation is 1. The van der Waals surface area contributed by atoms with E-state index >= 15 is 0 Å². The maximum Gasteiger partial charge on any atom is 0.213 e. The minimum Gasteiger partial charge on any atom is -0.544 e. The van der Waals surface area contributed by atoms with E-state index in [9.17, 15) is 9.90 Å². The Morgan fingerprint density at radius 3 is 2.91 bits per heavy atom. The monoisotopic (exact) mass is 338 g/mol. The van der Waals surface area contributed by atoms with Gasteiger partial charge in [0.1, 0.15) is 11.6 Å². The van der Waals surface area contributed by atoms with Crippen LogP contribution in [0, 0.1) is 0 Å². The molecule has 0 radical (unpaired) electrons. The van der Waals surface area contributed by atoms with Crippen molar-refractivity contribution in [3.8, 4) is 5.75 Å². The molecule has 0 aliphatic carbocycles. The van der Waals surface area contributed by atoms with Gasteiger partial charge in [0.25, 0.3) is 0 Å². The lowest BCUT2D eigenvalue weighted by atomic mass is 10.2. The molecule has 1 heterocycles. The van der Waals surface area contributed by atoms with Gasteiger partial charge < -0.3 is 14.6 Å².